The Labute approximate surface area is 119 Å². The smallest absolute Gasteiger partial charge is 0.261 e. The third-order valence-corrected chi connectivity index (χ3v) is 5.10. The van der Waals surface area contributed by atoms with E-state index in [0.717, 1.165) is 17.7 Å². The number of carbonyl (C=O) groups is 1. The van der Waals surface area contributed by atoms with Crippen LogP contribution in [0.2, 0.25) is 0 Å². The molecule has 0 saturated carbocycles. The summed E-state index contributed by atoms with van der Waals surface area (Å²) in [5.41, 5.74) is 0.541. The molecule has 0 spiro atoms. The number of rotatable bonds is 4. The van der Waals surface area contributed by atoms with Gasteiger partial charge in [0.15, 0.2) is 0 Å². The Morgan fingerprint density at radius 3 is 2.89 bits per heavy atom. The van der Waals surface area contributed by atoms with Gasteiger partial charge in [-0.25, -0.2) is 0 Å². The van der Waals surface area contributed by atoms with Crippen LogP contribution >= 0.6 is 11.3 Å². The largest absolute Gasteiger partial charge is 0.388 e. The van der Waals surface area contributed by atoms with Crippen LogP contribution in [0, 0.1) is 0 Å². The molecule has 0 fully saturated rings. The van der Waals surface area contributed by atoms with E-state index in [1.54, 1.807) is 18.3 Å². The first-order chi connectivity index (χ1) is 9.02. The monoisotopic (exact) mass is 281 g/mol. The highest BCUT2D eigenvalue weighted by molar-refractivity contribution is 7.14. The molecule has 2 N–H and O–H groups in total. The molecule has 1 aliphatic carbocycles. The van der Waals surface area contributed by atoms with Crippen molar-refractivity contribution < 1.29 is 9.90 Å². The molecule has 2 rings (SSSR count). The summed E-state index contributed by atoms with van der Waals surface area (Å²) >= 11 is 1.62. The number of hydrogen-bond acceptors (Lipinski definition) is 3. The van der Waals surface area contributed by atoms with Crippen LogP contribution in [0.25, 0.3) is 0 Å². The lowest BCUT2D eigenvalue weighted by Gasteiger charge is -2.21. The summed E-state index contributed by atoms with van der Waals surface area (Å²) in [6.07, 6.45) is 6.61. The van der Waals surface area contributed by atoms with Gasteiger partial charge in [0.1, 0.15) is 0 Å². The number of amides is 1. The molecule has 0 aromatic carbocycles. The molecule has 1 heterocycles. The van der Waals surface area contributed by atoms with Crippen molar-refractivity contribution in [2.45, 2.75) is 58.0 Å². The maximum atomic E-state index is 12.1. The Morgan fingerprint density at radius 2 is 2.16 bits per heavy atom. The summed E-state index contributed by atoms with van der Waals surface area (Å²) in [7, 11) is 0. The first-order valence-electron chi connectivity index (χ1n) is 7.14. The maximum absolute atomic E-state index is 12.1. The predicted molar refractivity (Wildman–Crippen MR) is 78.8 cm³/mol. The van der Waals surface area contributed by atoms with Crippen LogP contribution in [0.3, 0.4) is 0 Å². The van der Waals surface area contributed by atoms with Gasteiger partial charge in [-0.2, -0.15) is 0 Å². The average Bonchev–Trinajstić information content (AvgIpc) is 2.68. The number of thiophene rings is 1. The number of fused-ring (bicyclic) bond motifs is 1. The van der Waals surface area contributed by atoms with Crippen molar-refractivity contribution in [3.63, 3.8) is 0 Å². The quantitative estimate of drug-likeness (QED) is 0.834. The van der Waals surface area contributed by atoms with E-state index < -0.39 is 5.60 Å². The molecule has 1 amide bonds. The van der Waals surface area contributed by atoms with Crippen molar-refractivity contribution in [2.75, 3.05) is 6.54 Å². The summed E-state index contributed by atoms with van der Waals surface area (Å²) in [6, 6.07) is 2.04. The van der Waals surface area contributed by atoms with Gasteiger partial charge in [0.25, 0.3) is 5.91 Å². The normalized spacial score (nSPS) is 18.3. The van der Waals surface area contributed by atoms with Gasteiger partial charge in [0.05, 0.1) is 10.5 Å². The van der Waals surface area contributed by atoms with Crippen LogP contribution in [0.15, 0.2) is 6.07 Å². The summed E-state index contributed by atoms with van der Waals surface area (Å²) in [6.45, 7) is 3.97. The minimum Gasteiger partial charge on any atom is -0.388 e. The predicted octanol–water partition coefficient (Wildman–Crippen LogP) is 2.91. The highest BCUT2D eigenvalue weighted by atomic mass is 32.1. The maximum Gasteiger partial charge on any atom is 0.261 e. The van der Waals surface area contributed by atoms with E-state index in [4.69, 9.17) is 0 Å². The zero-order valence-electron chi connectivity index (χ0n) is 11.8. The fourth-order valence-electron chi connectivity index (χ4n) is 2.26. The van der Waals surface area contributed by atoms with E-state index in [-0.39, 0.29) is 5.91 Å². The Morgan fingerprint density at radius 1 is 1.42 bits per heavy atom. The van der Waals surface area contributed by atoms with E-state index in [9.17, 15) is 9.90 Å². The van der Waals surface area contributed by atoms with Crippen LogP contribution in [0.1, 0.15) is 59.6 Å². The molecule has 1 aromatic heterocycles. The number of aryl methyl sites for hydroxylation is 2. The third-order valence-electron chi connectivity index (χ3n) is 3.86. The molecule has 1 aliphatic rings. The van der Waals surface area contributed by atoms with E-state index in [1.165, 1.54) is 29.7 Å². The van der Waals surface area contributed by atoms with Crippen molar-refractivity contribution in [3.8, 4) is 0 Å². The van der Waals surface area contributed by atoms with E-state index >= 15 is 0 Å². The molecule has 1 atom stereocenters. The van der Waals surface area contributed by atoms with Crippen molar-refractivity contribution in [2.24, 2.45) is 0 Å². The van der Waals surface area contributed by atoms with E-state index in [1.807, 2.05) is 13.0 Å². The molecule has 19 heavy (non-hydrogen) atoms. The Balaban J connectivity index is 2.00. The van der Waals surface area contributed by atoms with Gasteiger partial charge in [-0.1, -0.05) is 13.3 Å². The van der Waals surface area contributed by atoms with Crippen LogP contribution in [-0.2, 0) is 12.8 Å². The first-order valence-corrected chi connectivity index (χ1v) is 7.95. The van der Waals surface area contributed by atoms with Crippen LogP contribution < -0.4 is 5.32 Å². The minimum atomic E-state index is -0.815. The summed E-state index contributed by atoms with van der Waals surface area (Å²) in [4.78, 5) is 14.3. The van der Waals surface area contributed by atoms with Crippen LogP contribution in [0.4, 0.5) is 0 Å². The summed E-state index contributed by atoms with van der Waals surface area (Å²) < 4.78 is 0. The molecule has 106 valence electrons. The molecule has 0 radical (unpaired) electrons. The van der Waals surface area contributed by atoms with Gasteiger partial charge >= 0.3 is 0 Å². The molecular weight excluding hydrogens is 258 g/mol. The molecule has 0 saturated heterocycles. The topological polar surface area (TPSA) is 49.3 Å². The number of nitrogens with one attached hydrogen (secondary N) is 1. The number of aliphatic hydroxyl groups is 1. The average molecular weight is 281 g/mol. The van der Waals surface area contributed by atoms with E-state index in [0.29, 0.717) is 13.0 Å². The second kappa shape index (κ2) is 6.06. The molecular formula is C15H23NO2S. The highest BCUT2D eigenvalue weighted by Gasteiger charge is 2.21. The molecule has 0 aliphatic heterocycles. The molecule has 3 nitrogen and oxygen atoms in total. The van der Waals surface area contributed by atoms with Gasteiger partial charge in [-0.15, -0.1) is 11.3 Å². The van der Waals surface area contributed by atoms with Crippen molar-refractivity contribution in [3.05, 3.63) is 21.4 Å². The SMILES string of the molecule is CCC(C)(O)CNC(=O)c1cc2c(s1)CCCCC2. The van der Waals surface area contributed by atoms with Gasteiger partial charge < -0.3 is 10.4 Å². The van der Waals surface area contributed by atoms with Gasteiger partial charge in [-0.3, -0.25) is 4.79 Å². The van der Waals surface area contributed by atoms with Gasteiger partial charge in [-0.05, 0) is 50.7 Å². The van der Waals surface area contributed by atoms with Crippen molar-refractivity contribution >= 4 is 17.2 Å². The molecule has 0 bridgehead atoms. The van der Waals surface area contributed by atoms with Crippen molar-refractivity contribution in [1.29, 1.82) is 0 Å². The lowest BCUT2D eigenvalue weighted by molar-refractivity contribution is 0.0519. The Bertz CT molecular complexity index is 427. The zero-order chi connectivity index (χ0) is 13.9. The molecule has 4 heteroatoms. The highest BCUT2D eigenvalue weighted by Crippen LogP contribution is 2.28. The van der Waals surface area contributed by atoms with Crippen LogP contribution in [0.5, 0.6) is 0 Å². The fourth-order valence-corrected chi connectivity index (χ4v) is 3.43. The summed E-state index contributed by atoms with van der Waals surface area (Å²) in [5, 5.41) is 12.7. The van der Waals surface area contributed by atoms with Gasteiger partial charge in [0.2, 0.25) is 0 Å². The molecule has 1 aromatic rings. The van der Waals surface area contributed by atoms with Crippen molar-refractivity contribution in [1.82, 2.24) is 5.32 Å². The van der Waals surface area contributed by atoms with E-state index in [2.05, 4.69) is 5.32 Å². The minimum absolute atomic E-state index is 0.0493. The lowest BCUT2D eigenvalue weighted by Crippen LogP contribution is -2.39. The second-order valence-corrected chi connectivity index (χ2v) is 6.79. The van der Waals surface area contributed by atoms with Gasteiger partial charge in [0, 0.05) is 11.4 Å². The third kappa shape index (κ3) is 3.80. The standard InChI is InChI=1S/C15H23NO2S/c1-3-15(2,18)10-16-14(17)13-9-11-7-5-4-6-8-12(11)19-13/h9,18H,3-8,10H2,1-2H3,(H,16,17). The fraction of sp³-hybridized carbons (Fsp3) is 0.667. The summed E-state index contributed by atoms with van der Waals surface area (Å²) in [5.74, 6) is -0.0493. The van der Waals surface area contributed by atoms with Crippen LogP contribution in [-0.4, -0.2) is 23.2 Å². The lowest BCUT2D eigenvalue weighted by atomic mass is 10.0. The molecule has 1 unspecified atom stereocenters. The first kappa shape index (κ1) is 14.5. The Hall–Kier alpha value is -0.870. The number of carbonyl (C=O) groups excluding carboxylic acids is 1. The zero-order valence-corrected chi connectivity index (χ0v) is 12.6. The number of hydrogen-bond donors (Lipinski definition) is 2. The second-order valence-electron chi connectivity index (χ2n) is 5.65. The Kier molecular flexibility index (Phi) is 4.63.